The second-order valence-electron chi connectivity index (χ2n) is 4.47. The van der Waals surface area contributed by atoms with Gasteiger partial charge in [0.05, 0.1) is 20.2 Å². The minimum atomic E-state index is -0.459. The highest BCUT2D eigenvalue weighted by molar-refractivity contribution is 9.11. The highest BCUT2D eigenvalue weighted by Gasteiger charge is 2.08. The first-order chi connectivity index (χ1) is 11.4. The Morgan fingerprint density at radius 1 is 1.29 bits per heavy atom. The van der Waals surface area contributed by atoms with Gasteiger partial charge in [-0.1, -0.05) is 29.3 Å². The first-order valence-corrected chi connectivity index (χ1v) is 8.79. The van der Waals surface area contributed by atoms with Gasteiger partial charge < -0.3 is 9.84 Å². The number of carbonyl (C=O) groups excluding carboxylic acids is 1. The summed E-state index contributed by atoms with van der Waals surface area (Å²) in [5, 5.41) is 14.0. The van der Waals surface area contributed by atoms with Gasteiger partial charge in [0, 0.05) is 0 Å². The summed E-state index contributed by atoms with van der Waals surface area (Å²) < 4.78 is 6.29. The van der Waals surface area contributed by atoms with Crippen molar-refractivity contribution in [1.29, 1.82) is 0 Å². The summed E-state index contributed by atoms with van der Waals surface area (Å²) in [5.41, 5.74) is 3.00. The van der Waals surface area contributed by atoms with Crippen molar-refractivity contribution in [2.75, 3.05) is 6.61 Å². The first-order valence-electron chi connectivity index (χ1n) is 6.45. The number of aromatic hydroxyl groups is 1. The van der Waals surface area contributed by atoms with E-state index in [1.54, 1.807) is 30.3 Å². The Balaban J connectivity index is 1.90. The summed E-state index contributed by atoms with van der Waals surface area (Å²) in [6, 6.07) is 8.20. The van der Waals surface area contributed by atoms with Gasteiger partial charge in [0.2, 0.25) is 0 Å². The first kappa shape index (κ1) is 19.1. The van der Waals surface area contributed by atoms with Crippen LogP contribution < -0.4 is 10.2 Å². The van der Waals surface area contributed by atoms with Gasteiger partial charge in [-0.15, -0.1) is 0 Å². The summed E-state index contributed by atoms with van der Waals surface area (Å²) in [7, 11) is 0. The quantitative estimate of drug-likeness (QED) is 0.463. The Bertz CT molecular complexity index is 777. The number of halogens is 4. The van der Waals surface area contributed by atoms with E-state index in [-0.39, 0.29) is 17.4 Å². The van der Waals surface area contributed by atoms with Gasteiger partial charge in [-0.3, -0.25) is 4.79 Å². The van der Waals surface area contributed by atoms with E-state index in [0.29, 0.717) is 25.3 Å². The molecule has 2 rings (SSSR count). The molecule has 0 radical (unpaired) electrons. The lowest BCUT2D eigenvalue weighted by molar-refractivity contribution is -0.123. The SMILES string of the molecule is O=C(COc1cccc(Cl)c1Cl)NN=Cc1cc(Br)c(O)c(Br)c1. The molecule has 0 aliphatic heterocycles. The number of hydrogen-bond acceptors (Lipinski definition) is 4. The summed E-state index contributed by atoms with van der Waals surface area (Å²) in [5.74, 6) is -0.0584. The maximum absolute atomic E-state index is 11.7. The average molecular weight is 497 g/mol. The number of nitrogens with one attached hydrogen (secondary N) is 1. The van der Waals surface area contributed by atoms with Crippen molar-refractivity contribution < 1.29 is 14.6 Å². The molecule has 24 heavy (non-hydrogen) atoms. The molecule has 0 atom stereocenters. The van der Waals surface area contributed by atoms with E-state index >= 15 is 0 Å². The van der Waals surface area contributed by atoms with Crippen LogP contribution in [0.1, 0.15) is 5.56 Å². The topological polar surface area (TPSA) is 70.9 Å². The zero-order valence-electron chi connectivity index (χ0n) is 11.9. The van der Waals surface area contributed by atoms with Crippen LogP contribution in [0, 0.1) is 0 Å². The lowest BCUT2D eigenvalue weighted by Gasteiger charge is -2.07. The number of rotatable bonds is 5. The van der Waals surface area contributed by atoms with Crippen LogP contribution in [0.5, 0.6) is 11.5 Å². The van der Waals surface area contributed by atoms with Crippen LogP contribution in [-0.4, -0.2) is 23.8 Å². The van der Waals surface area contributed by atoms with Crippen LogP contribution in [0.3, 0.4) is 0 Å². The number of phenols is 1. The number of carbonyl (C=O) groups is 1. The lowest BCUT2D eigenvalue weighted by atomic mass is 10.2. The molecular formula is C15H10Br2Cl2N2O3. The molecular weight excluding hydrogens is 487 g/mol. The molecule has 2 N–H and O–H groups in total. The molecule has 1 amide bonds. The lowest BCUT2D eigenvalue weighted by Crippen LogP contribution is -2.24. The molecule has 0 aliphatic carbocycles. The Hall–Kier alpha value is -1.28. The van der Waals surface area contributed by atoms with Gasteiger partial charge in [0.25, 0.3) is 5.91 Å². The third kappa shape index (κ3) is 5.11. The minimum absolute atomic E-state index is 0.0861. The summed E-state index contributed by atoms with van der Waals surface area (Å²) in [6.45, 7) is -0.264. The van der Waals surface area contributed by atoms with Crippen molar-refractivity contribution in [1.82, 2.24) is 5.43 Å². The second kappa shape index (κ2) is 8.71. The van der Waals surface area contributed by atoms with Crippen molar-refractivity contribution in [3.05, 3.63) is 54.9 Å². The predicted molar refractivity (Wildman–Crippen MR) is 101 cm³/mol. The van der Waals surface area contributed by atoms with E-state index in [1.807, 2.05) is 0 Å². The number of nitrogens with zero attached hydrogens (tertiary/aromatic N) is 1. The fraction of sp³-hybridized carbons (Fsp3) is 0.0667. The number of hydrogen-bond donors (Lipinski definition) is 2. The largest absolute Gasteiger partial charge is 0.506 e. The summed E-state index contributed by atoms with van der Waals surface area (Å²) >= 11 is 18.2. The molecule has 0 heterocycles. The van der Waals surface area contributed by atoms with E-state index in [0.717, 1.165) is 0 Å². The zero-order valence-corrected chi connectivity index (χ0v) is 16.6. The van der Waals surface area contributed by atoms with Crippen molar-refractivity contribution in [2.24, 2.45) is 5.10 Å². The Morgan fingerprint density at radius 2 is 1.96 bits per heavy atom. The third-order valence-corrected chi connectivity index (χ3v) is 4.73. The van der Waals surface area contributed by atoms with Crippen molar-refractivity contribution in [3.8, 4) is 11.5 Å². The number of hydrazone groups is 1. The van der Waals surface area contributed by atoms with Crippen molar-refractivity contribution in [3.63, 3.8) is 0 Å². The molecule has 0 saturated heterocycles. The second-order valence-corrected chi connectivity index (χ2v) is 6.96. The van der Waals surface area contributed by atoms with Crippen LogP contribution in [0.25, 0.3) is 0 Å². The molecule has 0 aromatic heterocycles. The molecule has 2 aromatic rings. The monoisotopic (exact) mass is 494 g/mol. The Kier molecular flexibility index (Phi) is 6.91. The smallest absolute Gasteiger partial charge is 0.277 e. The maximum atomic E-state index is 11.7. The third-order valence-electron chi connectivity index (χ3n) is 2.72. The van der Waals surface area contributed by atoms with Crippen molar-refractivity contribution >= 4 is 67.2 Å². The van der Waals surface area contributed by atoms with Crippen LogP contribution in [0.4, 0.5) is 0 Å². The molecule has 126 valence electrons. The molecule has 0 saturated carbocycles. The number of benzene rings is 2. The Morgan fingerprint density at radius 3 is 2.62 bits per heavy atom. The number of phenolic OH excluding ortho intramolecular Hbond substituents is 1. The van der Waals surface area contributed by atoms with Crippen molar-refractivity contribution in [2.45, 2.75) is 0 Å². The molecule has 0 unspecified atom stereocenters. The van der Waals surface area contributed by atoms with Crippen LogP contribution in [-0.2, 0) is 4.79 Å². The predicted octanol–water partition coefficient (Wildman–Crippen LogP) is 4.75. The van der Waals surface area contributed by atoms with Gasteiger partial charge in [0.1, 0.15) is 16.5 Å². The standard InChI is InChI=1S/C15H10Br2Cl2N2O3/c16-9-4-8(5-10(17)15(9)23)6-20-21-13(22)7-24-12-3-1-2-11(18)14(12)19/h1-6,23H,7H2,(H,21,22). The average Bonchev–Trinajstić information content (AvgIpc) is 2.54. The maximum Gasteiger partial charge on any atom is 0.277 e. The number of amides is 1. The highest BCUT2D eigenvalue weighted by atomic mass is 79.9. The van der Waals surface area contributed by atoms with E-state index in [4.69, 9.17) is 27.9 Å². The molecule has 0 fully saturated rings. The summed E-state index contributed by atoms with van der Waals surface area (Å²) in [4.78, 5) is 11.7. The van der Waals surface area contributed by atoms with E-state index in [1.165, 1.54) is 6.21 Å². The van der Waals surface area contributed by atoms with Gasteiger partial charge >= 0.3 is 0 Å². The minimum Gasteiger partial charge on any atom is -0.506 e. The fourth-order valence-corrected chi connectivity index (χ4v) is 3.18. The van der Waals surface area contributed by atoms with E-state index < -0.39 is 5.91 Å². The normalized spacial score (nSPS) is 10.8. The molecule has 5 nitrogen and oxygen atoms in total. The van der Waals surface area contributed by atoms with Gasteiger partial charge in [-0.05, 0) is 61.7 Å². The van der Waals surface area contributed by atoms with Crippen LogP contribution in [0.2, 0.25) is 10.0 Å². The van der Waals surface area contributed by atoms with Gasteiger partial charge in [0.15, 0.2) is 6.61 Å². The molecule has 9 heteroatoms. The van der Waals surface area contributed by atoms with Crippen LogP contribution >= 0.6 is 55.1 Å². The zero-order chi connectivity index (χ0) is 17.7. The molecule has 2 aromatic carbocycles. The summed E-state index contributed by atoms with van der Waals surface area (Å²) in [6.07, 6.45) is 1.43. The van der Waals surface area contributed by atoms with E-state index in [2.05, 4.69) is 42.4 Å². The Labute approximate surface area is 164 Å². The number of ether oxygens (including phenoxy) is 1. The van der Waals surface area contributed by atoms with E-state index in [9.17, 15) is 9.90 Å². The fourth-order valence-electron chi connectivity index (χ4n) is 1.61. The van der Waals surface area contributed by atoms with Gasteiger partial charge in [-0.2, -0.15) is 5.10 Å². The molecule has 0 bridgehead atoms. The molecule has 0 aliphatic rings. The van der Waals surface area contributed by atoms with Gasteiger partial charge in [-0.25, -0.2) is 5.43 Å². The van der Waals surface area contributed by atoms with Crippen LogP contribution in [0.15, 0.2) is 44.4 Å². The highest BCUT2D eigenvalue weighted by Crippen LogP contribution is 2.33. The molecule has 0 spiro atoms.